The van der Waals surface area contributed by atoms with Gasteiger partial charge in [-0.25, -0.2) is 0 Å². The molecule has 0 radical (unpaired) electrons. The van der Waals surface area contributed by atoms with Gasteiger partial charge in [0.25, 0.3) is 5.69 Å². The van der Waals surface area contributed by atoms with Crippen LogP contribution in [0, 0.1) is 10.1 Å². The predicted octanol–water partition coefficient (Wildman–Crippen LogP) is 5.54. The van der Waals surface area contributed by atoms with Crippen LogP contribution in [-0.2, 0) is 4.79 Å². The van der Waals surface area contributed by atoms with E-state index < -0.39 is 10.8 Å². The molecule has 3 aromatic rings. The van der Waals surface area contributed by atoms with E-state index in [4.69, 9.17) is 12.2 Å². The van der Waals surface area contributed by atoms with E-state index in [1.807, 2.05) is 30.3 Å². The molecule has 0 aliphatic heterocycles. The zero-order valence-corrected chi connectivity index (χ0v) is 17.0. The van der Waals surface area contributed by atoms with Crippen LogP contribution < -0.4 is 10.6 Å². The number of thiocarbonyl (C=S) groups is 1. The van der Waals surface area contributed by atoms with Crippen molar-refractivity contribution < 1.29 is 9.72 Å². The molecule has 0 unspecified atom stereocenters. The molecule has 0 saturated carbocycles. The van der Waals surface area contributed by atoms with Gasteiger partial charge >= 0.3 is 0 Å². The van der Waals surface area contributed by atoms with E-state index in [1.165, 1.54) is 24.3 Å². The molecule has 0 bridgehead atoms. The largest absolute Gasteiger partial charge is 0.332 e. The minimum absolute atomic E-state index is 0.0143. The molecule has 0 fully saturated rings. The van der Waals surface area contributed by atoms with Gasteiger partial charge < -0.3 is 5.32 Å². The molecule has 9 heteroatoms. The van der Waals surface area contributed by atoms with Gasteiger partial charge in [0.1, 0.15) is 0 Å². The monoisotopic (exact) mass is 431 g/mol. The molecule has 0 heterocycles. The maximum atomic E-state index is 12.0. The zero-order valence-electron chi connectivity index (χ0n) is 16.1. The molecule has 0 saturated heterocycles. The van der Waals surface area contributed by atoms with E-state index in [0.717, 1.165) is 5.69 Å². The molecule has 0 aromatic heterocycles. The van der Waals surface area contributed by atoms with E-state index in [-0.39, 0.29) is 10.8 Å². The Bertz CT molecular complexity index is 1130. The lowest BCUT2D eigenvalue weighted by Gasteiger charge is -2.08. The number of nitro groups is 1. The first-order valence-electron chi connectivity index (χ1n) is 9.11. The summed E-state index contributed by atoms with van der Waals surface area (Å²) in [5.74, 6) is -0.427. The van der Waals surface area contributed by atoms with Crippen molar-refractivity contribution in [3.05, 3.63) is 101 Å². The molecule has 31 heavy (non-hydrogen) atoms. The molecular formula is C22H17N5O3S. The molecule has 3 rings (SSSR count). The van der Waals surface area contributed by atoms with Crippen molar-refractivity contribution in [2.24, 2.45) is 10.2 Å². The minimum atomic E-state index is -0.483. The van der Waals surface area contributed by atoms with Gasteiger partial charge in [0, 0.05) is 23.9 Å². The summed E-state index contributed by atoms with van der Waals surface area (Å²) < 4.78 is 0. The predicted molar refractivity (Wildman–Crippen MR) is 124 cm³/mol. The van der Waals surface area contributed by atoms with E-state index in [0.29, 0.717) is 16.9 Å². The van der Waals surface area contributed by atoms with Crippen LogP contribution >= 0.6 is 12.2 Å². The first-order chi connectivity index (χ1) is 15.0. The first kappa shape index (κ1) is 21.5. The molecule has 8 nitrogen and oxygen atoms in total. The Morgan fingerprint density at radius 1 is 0.903 bits per heavy atom. The average Bonchev–Trinajstić information content (AvgIpc) is 2.78. The minimum Gasteiger partial charge on any atom is -0.332 e. The number of anilines is 1. The summed E-state index contributed by atoms with van der Waals surface area (Å²) in [7, 11) is 0. The Kier molecular flexibility index (Phi) is 7.28. The van der Waals surface area contributed by atoms with E-state index >= 15 is 0 Å². The van der Waals surface area contributed by atoms with Crippen LogP contribution in [0.5, 0.6) is 0 Å². The summed E-state index contributed by atoms with van der Waals surface area (Å²) in [5, 5.41) is 24.5. The second-order valence-corrected chi connectivity index (χ2v) is 6.62. The SMILES string of the molecule is O=C(/C=C/c1ccc([N+](=O)[O-])cc1)NC(=S)Nc1ccc(N=Nc2ccccc2)cc1. The number of nitrogens with one attached hydrogen (secondary N) is 2. The topological polar surface area (TPSA) is 109 Å². The highest BCUT2D eigenvalue weighted by Gasteiger charge is 2.04. The van der Waals surface area contributed by atoms with E-state index in [2.05, 4.69) is 20.9 Å². The van der Waals surface area contributed by atoms with Crippen molar-refractivity contribution in [3.63, 3.8) is 0 Å². The number of non-ortho nitro benzene ring substituents is 1. The number of nitrogens with zero attached hydrogens (tertiary/aromatic N) is 3. The van der Waals surface area contributed by atoms with Crippen molar-refractivity contribution in [1.82, 2.24) is 5.32 Å². The molecular weight excluding hydrogens is 414 g/mol. The van der Waals surface area contributed by atoms with Gasteiger partial charge in [0.15, 0.2) is 5.11 Å². The van der Waals surface area contributed by atoms with Crippen LogP contribution in [0.15, 0.2) is 95.2 Å². The third kappa shape index (κ3) is 6.94. The van der Waals surface area contributed by atoms with Gasteiger partial charge in [-0.15, -0.1) is 0 Å². The standard InChI is InChI=1S/C22H17N5O3S/c28-21(15-8-16-6-13-20(14-7-16)27(29)30)24-22(31)23-17-9-11-19(12-10-17)26-25-18-4-2-1-3-5-18/h1-15H,(H2,23,24,28,31)/b15-8+,26-25?. The average molecular weight is 431 g/mol. The molecule has 1 amide bonds. The number of carbonyl (C=O) groups excluding carboxylic acids is 1. The number of hydrogen-bond donors (Lipinski definition) is 2. The van der Waals surface area contributed by atoms with Crippen LogP contribution in [0.3, 0.4) is 0 Å². The van der Waals surface area contributed by atoms with E-state index in [1.54, 1.807) is 36.4 Å². The zero-order chi connectivity index (χ0) is 22.1. The number of carbonyl (C=O) groups is 1. The van der Waals surface area contributed by atoms with Gasteiger partial charge in [-0.3, -0.25) is 20.2 Å². The second-order valence-electron chi connectivity index (χ2n) is 6.21. The quantitative estimate of drug-likeness (QED) is 0.175. The number of nitro benzene ring substituents is 1. The van der Waals surface area contributed by atoms with Gasteiger partial charge in [-0.05, 0) is 72.4 Å². The molecule has 0 aliphatic carbocycles. The van der Waals surface area contributed by atoms with Crippen molar-refractivity contribution in [3.8, 4) is 0 Å². The Morgan fingerprint density at radius 2 is 1.52 bits per heavy atom. The smallest absolute Gasteiger partial charge is 0.269 e. The summed E-state index contributed by atoms with van der Waals surface area (Å²) in [6, 6.07) is 22.3. The Hall–Kier alpha value is -4.24. The van der Waals surface area contributed by atoms with Crippen LogP contribution in [0.25, 0.3) is 6.08 Å². The fraction of sp³-hybridized carbons (Fsp3) is 0. The summed E-state index contributed by atoms with van der Waals surface area (Å²) in [5.41, 5.74) is 2.76. The van der Waals surface area contributed by atoms with Crippen molar-refractivity contribution in [1.29, 1.82) is 0 Å². The third-order valence-corrected chi connectivity index (χ3v) is 4.13. The number of benzene rings is 3. The maximum Gasteiger partial charge on any atom is 0.269 e. The number of amides is 1. The highest BCUT2D eigenvalue weighted by Crippen LogP contribution is 2.20. The highest BCUT2D eigenvalue weighted by atomic mass is 32.1. The molecule has 0 atom stereocenters. The lowest BCUT2D eigenvalue weighted by atomic mass is 10.2. The van der Waals surface area contributed by atoms with Gasteiger partial charge in [-0.2, -0.15) is 10.2 Å². The maximum absolute atomic E-state index is 12.0. The normalized spacial score (nSPS) is 10.8. The van der Waals surface area contributed by atoms with Gasteiger partial charge in [0.2, 0.25) is 5.91 Å². The van der Waals surface area contributed by atoms with Gasteiger partial charge in [0.05, 0.1) is 16.3 Å². The van der Waals surface area contributed by atoms with Crippen LogP contribution in [0.2, 0.25) is 0 Å². The number of hydrogen-bond acceptors (Lipinski definition) is 6. The Morgan fingerprint density at radius 3 is 2.13 bits per heavy atom. The summed E-state index contributed by atoms with van der Waals surface area (Å²) >= 11 is 5.14. The molecule has 3 aromatic carbocycles. The van der Waals surface area contributed by atoms with Crippen LogP contribution in [0.4, 0.5) is 22.7 Å². The van der Waals surface area contributed by atoms with E-state index in [9.17, 15) is 14.9 Å². The highest BCUT2D eigenvalue weighted by molar-refractivity contribution is 7.80. The van der Waals surface area contributed by atoms with Crippen LogP contribution in [0.1, 0.15) is 5.56 Å². The summed E-state index contributed by atoms with van der Waals surface area (Å²) in [6.45, 7) is 0. The lowest BCUT2D eigenvalue weighted by Crippen LogP contribution is -2.32. The third-order valence-electron chi connectivity index (χ3n) is 3.93. The fourth-order valence-electron chi connectivity index (χ4n) is 2.42. The number of azo groups is 1. The van der Waals surface area contributed by atoms with Gasteiger partial charge in [-0.1, -0.05) is 18.2 Å². The van der Waals surface area contributed by atoms with Crippen molar-refractivity contribution in [2.45, 2.75) is 0 Å². The molecule has 0 spiro atoms. The van der Waals surface area contributed by atoms with Crippen molar-refractivity contribution >= 4 is 52.1 Å². The Balaban J connectivity index is 1.50. The van der Waals surface area contributed by atoms with Crippen molar-refractivity contribution in [2.75, 3.05) is 5.32 Å². The molecule has 2 N–H and O–H groups in total. The second kappa shape index (κ2) is 10.5. The summed E-state index contributed by atoms with van der Waals surface area (Å²) in [4.78, 5) is 22.2. The molecule has 0 aliphatic rings. The fourth-order valence-corrected chi connectivity index (χ4v) is 2.63. The summed E-state index contributed by atoms with van der Waals surface area (Å²) in [6.07, 6.45) is 2.83. The molecule has 154 valence electrons. The lowest BCUT2D eigenvalue weighted by molar-refractivity contribution is -0.384. The first-order valence-corrected chi connectivity index (χ1v) is 9.52. The number of rotatable bonds is 6. The van der Waals surface area contributed by atoms with Crippen LogP contribution in [-0.4, -0.2) is 15.9 Å². The Labute approximate surface area is 183 Å².